The number of benzene rings is 2. The van der Waals surface area contributed by atoms with E-state index in [1.165, 1.54) is 0 Å². The highest BCUT2D eigenvalue weighted by atomic mass is 16.5. The fourth-order valence-electron chi connectivity index (χ4n) is 3.39. The fraction of sp³-hybridized carbons (Fsp3) is 0.250. The van der Waals surface area contributed by atoms with Crippen LogP contribution in [0, 0.1) is 5.92 Å². The van der Waals surface area contributed by atoms with E-state index < -0.39 is 0 Å². The topological polar surface area (TPSA) is 46.2 Å². The van der Waals surface area contributed by atoms with E-state index in [1.807, 2.05) is 42.5 Å². The molecule has 0 saturated carbocycles. The molecule has 2 aromatic rings. The van der Waals surface area contributed by atoms with Gasteiger partial charge in [0.05, 0.1) is 35.5 Å². The Kier molecular flexibility index (Phi) is 6.50. The summed E-state index contributed by atoms with van der Waals surface area (Å²) in [6.45, 7) is 0. The van der Waals surface area contributed by atoms with Gasteiger partial charge < -0.3 is 23.7 Å². The molecule has 0 unspecified atom stereocenters. The fourth-order valence-corrected chi connectivity index (χ4v) is 3.39. The van der Waals surface area contributed by atoms with Crippen LogP contribution in [0.4, 0.5) is 0 Å². The second-order valence-corrected chi connectivity index (χ2v) is 6.42. The third-order valence-corrected chi connectivity index (χ3v) is 4.84. The third kappa shape index (κ3) is 4.24. The summed E-state index contributed by atoms with van der Waals surface area (Å²) in [4.78, 5) is 0. The van der Waals surface area contributed by atoms with Crippen molar-refractivity contribution >= 4 is 11.6 Å². The molecular formula is C24H26O5. The van der Waals surface area contributed by atoms with Gasteiger partial charge in [-0.3, -0.25) is 0 Å². The van der Waals surface area contributed by atoms with Crippen LogP contribution in [0.2, 0.25) is 0 Å². The number of rotatable bonds is 8. The first kappa shape index (κ1) is 20.4. The van der Waals surface area contributed by atoms with E-state index in [0.717, 1.165) is 28.2 Å². The highest BCUT2D eigenvalue weighted by molar-refractivity contribution is 5.88. The van der Waals surface area contributed by atoms with Gasteiger partial charge >= 0.3 is 0 Å². The molecule has 0 saturated heterocycles. The lowest BCUT2D eigenvalue weighted by Crippen LogP contribution is -2.00. The standard InChI is InChI=1S/C24H26O5/c1-25-18-10-11-19(21(15-18)26-2)20(17-8-6-7-9-17)12-16-13-22(27-3)24(29-5)23(14-16)28-4/h6-15,17H,1-5H3/b20-12+. The predicted molar refractivity (Wildman–Crippen MR) is 115 cm³/mol. The number of methoxy groups -OCH3 is 5. The Balaban J connectivity index is 2.18. The van der Waals surface area contributed by atoms with Crippen LogP contribution in [0.25, 0.3) is 11.6 Å². The van der Waals surface area contributed by atoms with Crippen molar-refractivity contribution in [3.05, 3.63) is 65.8 Å². The summed E-state index contributed by atoms with van der Waals surface area (Å²) in [6, 6.07) is 9.70. The SMILES string of the molecule is COc1ccc(/C(=C/c2cc(OC)c(OC)c(OC)c2)C2C=CC=C2)c(OC)c1. The minimum absolute atomic E-state index is 0.122. The summed E-state index contributed by atoms with van der Waals surface area (Å²) in [6.07, 6.45) is 10.5. The van der Waals surface area contributed by atoms with E-state index in [4.69, 9.17) is 23.7 Å². The molecule has 3 rings (SSSR count). The average Bonchev–Trinajstić information content (AvgIpc) is 3.30. The third-order valence-electron chi connectivity index (χ3n) is 4.84. The molecule has 152 valence electrons. The molecule has 0 aromatic heterocycles. The smallest absolute Gasteiger partial charge is 0.203 e. The molecule has 0 bridgehead atoms. The average molecular weight is 394 g/mol. The molecule has 1 aliphatic carbocycles. The lowest BCUT2D eigenvalue weighted by molar-refractivity contribution is 0.324. The van der Waals surface area contributed by atoms with Crippen molar-refractivity contribution in [2.24, 2.45) is 5.92 Å². The maximum atomic E-state index is 5.65. The van der Waals surface area contributed by atoms with Gasteiger partial charge in [0.1, 0.15) is 11.5 Å². The van der Waals surface area contributed by atoms with Gasteiger partial charge in [-0.2, -0.15) is 0 Å². The van der Waals surface area contributed by atoms with E-state index in [2.05, 4.69) is 18.2 Å². The Labute approximate surface area is 171 Å². The van der Waals surface area contributed by atoms with Gasteiger partial charge in [-0.05, 0) is 41.5 Å². The number of hydrogen-bond donors (Lipinski definition) is 0. The maximum absolute atomic E-state index is 5.65. The molecule has 0 heterocycles. The van der Waals surface area contributed by atoms with E-state index in [0.29, 0.717) is 17.2 Å². The molecule has 29 heavy (non-hydrogen) atoms. The minimum Gasteiger partial charge on any atom is -0.497 e. The van der Waals surface area contributed by atoms with Gasteiger partial charge in [0.2, 0.25) is 5.75 Å². The first-order valence-corrected chi connectivity index (χ1v) is 9.24. The molecule has 1 aliphatic rings. The minimum atomic E-state index is 0.122. The van der Waals surface area contributed by atoms with E-state index in [1.54, 1.807) is 35.5 Å². The maximum Gasteiger partial charge on any atom is 0.203 e. The molecule has 2 aromatic carbocycles. The monoisotopic (exact) mass is 394 g/mol. The first-order chi connectivity index (χ1) is 14.1. The molecule has 0 N–H and O–H groups in total. The van der Waals surface area contributed by atoms with Crippen LogP contribution in [0.3, 0.4) is 0 Å². The van der Waals surface area contributed by atoms with Crippen LogP contribution in [-0.2, 0) is 0 Å². The Morgan fingerprint density at radius 2 is 1.34 bits per heavy atom. The van der Waals surface area contributed by atoms with Gasteiger partial charge in [-0.1, -0.05) is 24.3 Å². The van der Waals surface area contributed by atoms with Crippen molar-refractivity contribution in [3.8, 4) is 28.7 Å². The van der Waals surface area contributed by atoms with Crippen molar-refractivity contribution in [1.82, 2.24) is 0 Å². The summed E-state index contributed by atoms with van der Waals surface area (Å²) in [5.74, 6) is 3.40. The van der Waals surface area contributed by atoms with E-state index in [-0.39, 0.29) is 5.92 Å². The first-order valence-electron chi connectivity index (χ1n) is 9.24. The lowest BCUT2D eigenvalue weighted by Gasteiger charge is -2.18. The molecule has 5 nitrogen and oxygen atoms in total. The van der Waals surface area contributed by atoms with Crippen LogP contribution in [-0.4, -0.2) is 35.5 Å². The zero-order chi connectivity index (χ0) is 20.8. The predicted octanol–water partition coefficient (Wildman–Crippen LogP) is 5.01. The Morgan fingerprint density at radius 3 is 1.86 bits per heavy atom. The molecule has 0 atom stereocenters. The normalized spacial score (nSPS) is 13.5. The number of allylic oxidation sites excluding steroid dienone is 5. The van der Waals surface area contributed by atoms with Crippen LogP contribution >= 0.6 is 0 Å². The summed E-state index contributed by atoms with van der Waals surface area (Å²) in [5.41, 5.74) is 3.01. The van der Waals surface area contributed by atoms with Gasteiger partial charge in [0.25, 0.3) is 0 Å². The van der Waals surface area contributed by atoms with Crippen LogP contribution in [0.1, 0.15) is 11.1 Å². The Hall–Kier alpha value is -3.34. The van der Waals surface area contributed by atoms with Crippen molar-refractivity contribution in [3.63, 3.8) is 0 Å². The van der Waals surface area contributed by atoms with Gasteiger partial charge in [0, 0.05) is 17.5 Å². The zero-order valence-corrected chi connectivity index (χ0v) is 17.4. The van der Waals surface area contributed by atoms with E-state index >= 15 is 0 Å². The highest BCUT2D eigenvalue weighted by Crippen LogP contribution is 2.41. The number of ether oxygens (including phenoxy) is 5. The molecule has 0 spiro atoms. The molecular weight excluding hydrogens is 368 g/mol. The van der Waals surface area contributed by atoms with Crippen molar-refractivity contribution < 1.29 is 23.7 Å². The lowest BCUT2D eigenvalue weighted by atomic mass is 9.90. The summed E-state index contributed by atoms with van der Waals surface area (Å²) in [5, 5.41) is 0. The Bertz CT molecular complexity index is 919. The van der Waals surface area contributed by atoms with Crippen molar-refractivity contribution in [2.75, 3.05) is 35.5 Å². The van der Waals surface area contributed by atoms with Crippen LogP contribution < -0.4 is 23.7 Å². The van der Waals surface area contributed by atoms with Crippen molar-refractivity contribution in [1.29, 1.82) is 0 Å². The molecule has 0 fully saturated rings. The van der Waals surface area contributed by atoms with Crippen LogP contribution in [0.5, 0.6) is 28.7 Å². The second-order valence-electron chi connectivity index (χ2n) is 6.42. The largest absolute Gasteiger partial charge is 0.497 e. The highest BCUT2D eigenvalue weighted by Gasteiger charge is 2.19. The van der Waals surface area contributed by atoms with E-state index in [9.17, 15) is 0 Å². The summed E-state index contributed by atoms with van der Waals surface area (Å²) < 4.78 is 27.4. The number of hydrogen-bond acceptors (Lipinski definition) is 5. The Morgan fingerprint density at radius 1 is 0.724 bits per heavy atom. The van der Waals surface area contributed by atoms with Crippen molar-refractivity contribution in [2.45, 2.75) is 0 Å². The molecule has 5 heteroatoms. The van der Waals surface area contributed by atoms with Gasteiger partial charge in [0.15, 0.2) is 11.5 Å². The second kappa shape index (κ2) is 9.24. The quantitative estimate of drug-likeness (QED) is 0.589. The van der Waals surface area contributed by atoms with Gasteiger partial charge in [-0.15, -0.1) is 0 Å². The molecule has 0 aliphatic heterocycles. The summed E-state index contributed by atoms with van der Waals surface area (Å²) in [7, 11) is 8.12. The summed E-state index contributed by atoms with van der Waals surface area (Å²) >= 11 is 0. The van der Waals surface area contributed by atoms with Gasteiger partial charge in [-0.25, -0.2) is 0 Å². The van der Waals surface area contributed by atoms with Crippen LogP contribution in [0.15, 0.2) is 54.6 Å². The molecule has 0 amide bonds. The zero-order valence-electron chi connectivity index (χ0n) is 17.4. The molecule has 0 radical (unpaired) electrons.